The van der Waals surface area contributed by atoms with Crippen LogP contribution in [0.4, 0.5) is 9.93 Å². The maximum atomic E-state index is 12.7. The van der Waals surface area contributed by atoms with Gasteiger partial charge >= 0.3 is 0 Å². The molecule has 0 N–H and O–H groups in total. The number of nitrogens with zero attached hydrogens (tertiary/aromatic N) is 3. The van der Waals surface area contributed by atoms with Crippen molar-refractivity contribution in [3.63, 3.8) is 0 Å². The van der Waals surface area contributed by atoms with E-state index in [0.29, 0.717) is 10.1 Å². The van der Waals surface area contributed by atoms with E-state index >= 15 is 0 Å². The van der Waals surface area contributed by atoms with E-state index in [9.17, 15) is 9.59 Å². The molecule has 8 heteroatoms. The number of hydrogen-bond acceptors (Lipinski definition) is 6. The molecule has 0 unspecified atom stereocenters. The number of anilines is 1. The number of hydrogen-bond donors (Lipinski definition) is 0. The predicted octanol–water partition coefficient (Wildman–Crippen LogP) is 5.02. The summed E-state index contributed by atoms with van der Waals surface area (Å²) >= 11 is 8.73. The molecule has 5 nitrogen and oxygen atoms in total. The lowest BCUT2D eigenvalue weighted by Gasteiger charge is -2.25. The standard InChI is InChI=1S/C19H18ClN3O2S2/c20-16-14(26-18(21-16)22-9-5-2-6-10-22)11-15-17(24)23(19(25)27-15)12-13-7-3-1-4-8-13/h1,3-4,7-8,11H,2,5-6,9-10,12H2/b15-11-. The van der Waals surface area contributed by atoms with Crippen molar-refractivity contribution in [2.75, 3.05) is 18.0 Å². The molecule has 2 saturated heterocycles. The minimum Gasteiger partial charge on any atom is -0.348 e. The molecule has 3 heterocycles. The van der Waals surface area contributed by atoms with Crippen molar-refractivity contribution in [2.24, 2.45) is 0 Å². The molecule has 0 saturated carbocycles. The number of halogens is 1. The minimum absolute atomic E-state index is 0.257. The summed E-state index contributed by atoms with van der Waals surface area (Å²) in [7, 11) is 0. The Morgan fingerprint density at radius 2 is 1.85 bits per heavy atom. The maximum absolute atomic E-state index is 12.7. The zero-order valence-electron chi connectivity index (χ0n) is 14.6. The minimum atomic E-state index is -0.280. The summed E-state index contributed by atoms with van der Waals surface area (Å²) in [6.45, 7) is 2.24. The van der Waals surface area contributed by atoms with Gasteiger partial charge in [-0.1, -0.05) is 53.3 Å². The van der Waals surface area contributed by atoms with Gasteiger partial charge in [0.05, 0.1) is 16.3 Å². The van der Waals surface area contributed by atoms with Crippen LogP contribution in [-0.4, -0.2) is 34.1 Å². The second-order valence-corrected chi connectivity index (χ2v) is 8.81. The molecule has 0 radical (unpaired) electrons. The molecule has 0 spiro atoms. The van der Waals surface area contributed by atoms with Crippen molar-refractivity contribution < 1.29 is 9.59 Å². The molecular weight excluding hydrogens is 402 g/mol. The summed E-state index contributed by atoms with van der Waals surface area (Å²) in [6, 6.07) is 9.49. The van der Waals surface area contributed by atoms with Gasteiger partial charge in [-0.05, 0) is 42.7 Å². The van der Waals surface area contributed by atoms with Crippen molar-refractivity contribution in [3.8, 4) is 0 Å². The molecule has 1 aromatic heterocycles. The number of thioether (sulfide) groups is 1. The fraction of sp³-hybridized carbons (Fsp3) is 0.316. The van der Waals surface area contributed by atoms with E-state index in [4.69, 9.17) is 11.6 Å². The summed E-state index contributed by atoms with van der Waals surface area (Å²) < 4.78 is 0. The topological polar surface area (TPSA) is 53.5 Å². The van der Waals surface area contributed by atoms with E-state index in [1.807, 2.05) is 30.3 Å². The molecule has 0 aliphatic carbocycles. The highest BCUT2D eigenvalue weighted by Gasteiger charge is 2.35. The maximum Gasteiger partial charge on any atom is 0.293 e. The predicted molar refractivity (Wildman–Crippen MR) is 111 cm³/mol. The molecule has 2 aliphatic rings. The molecule has 4 rings (SSSR count). The zero-order valence-corrected chi connectivity index (χ0v) is 16.9. The SMILES string of the molecule is O=C1S/C(=C\c2sc(N3CCCCC3)nc2Cl)C(=O)N1Cc1ccccc1. The lowest BCUT2D eigenvalue weighted by atomic mass is 10.1. The van der Waals surface area contributed by atoms with Crippen LogP contribution in [-0.2, 0) is 11.3 Å². The third-order valence-corrected chi connectivity index (χ3v) is 6.91. The quantitative estimate of drug-likeness (QED) is 0.651. The van der Waals surface area contributed by atoms with Crippen molar-refractivity contribution in [1.29, 1.82) is 0 Å². The van der Waals surface area contributed by atoms with Crippen LogP contribution in [0.5, 0.6) is 0 Å². The highest BCUT2D eigenvalue weighted by Crippen LogP contribution is 2.38. The summed E-state index contributed by atoms with van der Waals surface area (Å²) in [6.07, 6.45) is 5.26. The third-order valence-electron chi connectivity index (χ3n) is 4.54. The van der Waals surface area contributed by atoms with Gasteiger partial charge in [-0.15, -0.1) is 0 Å². The van der Waals surface area contributed by atoms with Gasteiger partial charge in [-0.25, -0.2) is 4.98 Å². The molecular formula is C19H18ClN3O2S2. The van der Waals surface area contributed by atoms with E-state index in [-0.39, 0.29) is 17.7 Å². The van der Waals surface area contributed by atoms with Crippen LogP contribution in [0.15, 0.2) is 35.2 Å². The first-order valence-electron chi connectivity index (χ1n) is 8.82. The number of rotatable bonds is 4. The first-order chi connectivity index (χ1) is 13.1. The van der Waals surface area contributed by atoms with Crippen LogP contribution in [0, 0.1) is 0 Å². The Labute approximate surface area is 171 Å². The van der Waals surface area contributed by atoms with Gasteiger partial charge < -0.3 is 4.90 Å². The fourth-order valence-corrected chi connectivity index (χ4v) is 5.28. The third kappa shape index (κ3) is 4.05. The molecule has 2 aliphatic heterocycles. The van der Waals surface area contributed by atoms with Crippen LogP contribution >= 0.6 is 34.7 Å². The fourth-order valence-electron chi connectivity index (χ4n) is 3.13. The number of benzene rings is 1. The summed E-state index contributed by atoms with van der Waals surface area (Å²) in [5.74, 6) is -0.280. The van der Waals surface area contributed by atoms with Gasteiger partial charge in [0, 0.05) is 13.1 Å². The van der Waals surface area contributed by atoms with Gasteiger partial charge in [0.1, 0.15) is 5.15 Å². The van der Waals surface area contributed by atoms with Gasteiger partial charge in [-0.3, -0.25) is 14.5 Å². The summed E-state index contributed by atoms with van der Waals surface area (Å²) in [4.78, 5) is 34.1. The Hall–Kier alpha value is -1.83. The Kier molecular flexibility index (Phi) is 5.52. The van der Waals surface area contributed by atoms with Crippen LogP contribution in [0.25, 0.3) is 6.08 Å². The average molecular weight is 420 g/mol. The molecule has 0 atom stereocenters. The van der Waals surface area contributed by atoms with Crippen molar-refractivity contribution in [3.05, 3.63) is 50.8 Å². The van der Waals surface area contributed by atoms with E-state index in [1.54, 1.807) is 6.08 Å². The number of thiazole rings is 1. The molecule has 140 valence electrons. The molecule has 2 amide bonds. The van der Waals surface area contributed by atoms with Crippen LogP contribution in [0.3, 0.4) is 0 Å². The second-order valence-electron chi connectivity index (χ2n) is 6.45. The molecule has 2 aromatic rings. The average Bonchev–Trinajstić information content (AvgIpc) is 3.18. The highest BCUT2D eigenvalue weighted by atomic mass is 35.5. The van der Waals surface area contributed by atoms with Crippen molar-refractivity contribution in [2.45, 2.75) is 25.8 Å². The van der Waals surface area contributed by atoms with E-state index in [1.165, 1.54) is 22.7 Å². The zero-order chi connectivity index (χ0) is 18.8. The number of piperidine rings is 1. The van der Waals surface area contributed by atoms with Crippen molar-refractivity contribution in [1.82, 2.24) is 9.88 Å². The van der Waals surface area contributed by atoms with Crippen LogP contribution < -0.4 is 4.90 Å². The molecule has 2 fully saturated rings. The number of imide groups is 1. The number of carbonyl (C=O) groups is 2. The van der Waals surface area contributed by atoms with Crippen LogP contribution in [0.1, 0.15) is 29.7 Å². The smallest absolute Gasteiger partial charge is 0.293 e. The van der Waals surface area contributed by atoms with Crippen LogP contribution in [0.2, 0.25) is 5.15 Å². The summed E-state index contributed by atoms with van der Waals surface area (Å²) in [5.41, 5.74) is 0.921. The van der Waals surface area contributed by atoms with Crippen molar-refractivity contribution >= 4 is 57.1 Å². The normalized spacial score (nSPS) is 19.4. The molecule has 1 aromatic carbocycles. The van der Waals surface area contributed by atoms with E-state index in [2.05, 4.69) is 9.88 Å². The monoisotopic (exact) mass is 419 g/mol. The van der Waals surface area contributed by atoms with Gasteiger partial charge in [-0.2, -0.15) is 0 Å². The van der Waals surface area contributed by atoms with Gasteiger partial charge in [0.2, 0.25) is 0 Å². The molecule has 0 bridgehead atoms. The largest absolute Gasteiger partial charge is 0.348 e. The first-order valence-corrected chi connectivity index (χ1v) is 10.8. The number of carbonyl (C=O) groups excluding carboxylic acids is 2. The molecule has 27 heavy (non-hydrogen) atoms. The number of aromatic nitrogens is 1. The Morgan fingerprint density at radius 3 is 2.59 bits per heavy atom. The Morgan fingerprint density at radius 1 is 1.11 bits per heavy atom. The van der Waals surface area contributed by atoms with E-state index in [0.717, 1.165) is 53.3 Å². The van der Waals surface area contributed by atoms with Gasteiger partial charge in [0.25, 0.3) is 11.1 Å². The highest BCUT2D eigenvalue weighted by molar-refractivity contribution is 8.18. The Balaban J connectivity index is 1.53. The first kappa shape index (κ1) is 18.5. The summed E-state index contributed by atoms with van der Waals surface area (Å²) in [5, 5.41) is 1.01. The Bertz CT molecular complexity index is 892. The van der Waals surface area contributed by atoms with E-state index < -0.39 is 0 Å². The second kappa shape index (κ2) is 8.04. The number of amides is 2. The lowest BCUT2D eigenvalue weighted by molar-refractivity contribution is -0.123. The lowest BCUT2D eigenvalue weighted by Crippen LogP contribution is -2.29. The van der Waals surface area contributed by atoms with Gasteiger partial charge in [0.15, 0.2) is 5.13 Å².